The van der Waals surface area contributed by atoms with Crippen molar-refractivity contribution in [2.75, 3.05) is 26.7 Å². The fourth-order valence-corrected chi connectivity index (χ4v) is 5.08. The summed E-state index contributed by atoms with van der Waals surface area (Å²) >= 11 is 0. The molecule has 0 aromatic heterocycles. The first-order valence-corrected chi connectivity index (χ1v) is 10.7. The lowest BCUT2D eigenvalue weighted by molar-refractivity contribution is -0.937. The molecule has 1 aromatic carbocycles. The van der Waals surface area contributed by atoms with E-state index in [1.807, 2.05) is 12.1 Å². The van der Waals surface area contributed by atoms with Crippen molar-refractivity contribution in [1.29, 1.82) is 0 Å². The minimum atomic E-state index is -0.657. The second-order valence-electron chi connectivity index (χ2n) is 8.40. The Morgan fingerprint density at radius 2 is 2.18 bits per heavy atom. The van der Waals surface area contributed by atoms with Gasteiger partial charge in [0.1, 0.15) is 6.04 Å². The first-order chi connectivity index (χ1) is 13.5. The Balaban J connectivity index is 1.86. The van der Waals surface area contributed by atoms with Crippen LogP contribution in [0.3, 0.4) is 0 Å². The molecule has 156 valence electrons. The van der Waals surface area contributed by atoms with Gasteiger partial charge in [-0.2, -0.15) is 0 Å². The number of methoxy groups -OCH3 is 1. The highest BCUT2D eigenvalue weighted by Crippen LogP contribution is 2.44. The molecular formula is C22H35N2O4+. The van der Waals surface area contributed by atoms with Crippen molar-refractivity contribution in [2.24, 2.45) is 5.92 Å². The number of phenolic OH excluding ortho intramolecular Hbond substituents is 1. The standard InChI is InChI=1S/C22H34N2O4/c1-3-4-12-23-20(26)15-24-13-11-22(27)10-6-5-7-17(22)21(24)16-8-9-18(25)19(14-16)28-2/h8-9,14,17,21,25,27H,3-7,10-13,15H2,1-2H3,(H,23,26)/p+1/t17-,21-,22-/m1/s1. The number of rotatable bonds is 7. The number of nitrogens with one attached hydrogen (secondary N) is 2. The Hall–Kier alpha value is -1.79. The molecule has 6 heteroatoms. The maximum absolute atomic E-state index is 12.5. The van der Waals surface area contributed by atoms with Crippen molar-refractivity contribution >= 4 is 5.91 Å². The number of carbonyl (C=O) groups is 1. The number of hydrogen-bond donors (Lipinski definition) is 4. The van der Waals surface area contributed by atoms with Gasteiger partial charge in [-0.15, -0.1) is 0 Å². The Morgan fingerprint density at radius 3 is 2.93 bits per heavy atom. The minimum Gasteiger partial charge on any atom is -0.504 e. The molecule has 1 unspecified atom stereocenters. The molecule has 28 heavy (non-hydrogen) atoms. The van der Waals surface area contributed by atoms with Crippen LogP contribution in [0.15, 0.2) is 18.2 Å². The zero-order valence-corrected chi connectivity index (χ0v) is 17.2. The van der Waals surface area contributed by atoms with Gasteiger partial charge in [-0.1, -0.05) is 26.2 Å². The van der Waals surface area contributed by atoms with E-state index < -0.39 is 5.60 Å². The fourth-order valence-electron chi connectivity index (χ4n) is 5.08. The van der Waals surface area contributed by atoms with Crippen LogP contribution >= 0.6 is 0 Å². The minimum absolute atomic E-state index is 0.0190. The van der Waals surface area contributed by atoms with E-state index in [2.05, 4.69) is 12.2 Å². The van der Waals surface area contributed by atoms with E-state index in [9.17, 15) is 15.0 Å². The summed E-state index contributed by atoms with van der Waals surface area (Å²) in [6.45, 7) is 4.00. The average Bonchev–Trinajstić information content (AvgIpc) is 2.69. The van der Waals surface area contributed by atoms with Crippen molar-refractivity contribution in [3.8, 4) is 11.5 Å². The predicted molar refractivity (Wildman–Crippen MR) is 108 cm³/mol. The molecule has 1 aliphatic carbocycles. The molecule has 2 fully saturated rings. The molecule has 1 aliphatic heterocycles. The molecule has 2 aliphatic rings. The van der Waals surface area contributed by atoms with Gasteiger partial charge in [-0.25, -0.2) is 0 Å². The Morgan fingerprint density at radius 1 is 1.36 bits per heavy atom. The highest BCUT2D eigenvalue weighted by atomic mass is 16.5. The van der Waals surface area contributed by atoms with Crippen LogP contribution in [0.5, 0.6) is 11.5 Å². The fraction of sp³-hybridized carbons (Fsp3) is 0.682. The number of amides is 1. The number of carbonyl (C=O) groups excluding carboxylic acids is 1. The van der Waals surface area contributed by atoms with Gasteiger partial charge in [0.05, 0.1) is 19.3 Å². The first kappa shape index (κ1) is 20.9. The summed E-state index contributed by atoms with van der Waals surface area (Å²) in [5.41, 5.74) is 0.368. The zero-order chi connectivity index (χ0) is 20.1. The van der Waals surface area contributed by atoms with Crippen LogP contribution < -0.4 is 15.0 Å². The number of aliphatic hydroxyl groups is 1. The van der Waals surface area contributed by atoms with E-state index in [-0.39, 0.29) is 23.6 Å². The van der Waals surface area contributed by atoms with E-state index in [1.54, 1.807) is 13.2 Å². The van der Waals surface area contributed by atoms with Crippen LogP contribution in [-0.2, 0) is 4.79 Å². The molecular weight excluding hydrogens is 356 g/mol. The van der Waals surface area contributed by atoms with Gasteiger partial charge in [-0.3, -0.25) is 4.79 Å². The van der Waals surface area contributed by atoms with Crippen LogP contribution in [0.25, 0.3) is 0 Å². The maximum atomic E-state index is 12.5. The van der Waals surface area contributed by atoms with Crippen molar-refractivity contribution in [2.45, 2.75) is 63.5 Å². The first-order valence-electron chi connectivity index (χ1n) is 10.7. The van der Waals surface area contributed by atoms with E-state index in [1.165, 1.54) is 4.90 Å². The van der Waals surface area contributed by atoms with Crippen molar-refractivity contribution in [3.05, 3.63) is 23.8 Å². The number of aromatic hydroxyl groups is 1. The topological polar surface area (TPSA) is 83.2 Å². The van der Waals surface area contributed by atoms with E-state index in [0.717, 1.165) is 57.1 Å². The Labute approximate surface area is 167 Å². The lowest BCUT2D eigenvalue weighted by Crippen LogP contribution is -3.16. The van der Waals surface area contributed by atoms with E-state index in [0.29, 0.717) is 18.8 Å². The van der Waals surface area contributed by atoms with Crippen LogP contribution in [0, 0.1) is 5.92 Å². The number of piperidine rings is 1. The third-order valence-electron chi connectivity index (χ3n) is 6.59. The average molecular weight is 392 g/mol. The monoisotopic (exact) mass is 391 g/mol. The molecule has 4 atom stereocenters. The van der Waals surface area contributed by atoms with Crippen LogP contribution in [0.1, 0.15) is 63.5 Å². The molecule has 0 spiro atoms. The zero-order valence-electron chi connectivity index (χ0n) is 17.2. The number of quaternary nitrogens is 1. The molecule has 1 saturated carbocycles. The lowest BCUT2D eigenvalue weighted by Gasteiger charge is -2.50. The molecule has 4 N–H and O–H groups in total. The maximum Gasteiger partial charge on any atom is 0.275 e. The molecule has 3 rings (SSSR count). The molecule has 1 aromatic rings. The van der Waals surface area contributed by atoms with E-state index >= 15 is 0 Å². The van der Waals surface area contributed by atoms with Crippen molar-refractivity contribution in [1.82, 2.24) is 5.32 Å². The summed E-state index contributed by atoms with van der Waals surface area (Å²) < 4.78 is 5.32. The summed E-state index contributed by atoms with van der Waals surface area (Å²) in [5, 5.41) is 24.4. The van der Waals surface area contributed by atoms with Gasteiger partial charge >= 0.3 is 0 Å². The molecule has 1 amide bonds. The molecule has 1 heterocycles. The number of hydrogen-bond acceptors (Lipinski definition) is 4. The largest absolute Gasteiger partial charge is 0.504 e. The summed E-state index contributed by atoms with van der Waals surface area (Å²) in [4.78, 5) is 13.7. The van der Waals surface area contributed by atoms with Crippen molar-refractivity contribution in [3.63, 3.8) is 0 Å². The Bertz CT molecular complexity index is 681. The number of unbranched alkanes of at least 4 members (excludes halogenated alkanes) is 1. The van der Waals surface area contributed by atoms with Gasteiger partial charge in [-0.05, 0) is 37.5 Å². The normalized spacial score (nSPS) is 29.8. The predicted octanol–water partition coefficient (Wildman–Crippen LogP) is 1.57. The molecule has 1 saturated heterocycles. The molecule has 0 radical (unpaired) electrons. The van der Waals surface area contributed by atoms with Crippen molar-refractivity contribution < 1.29 is 24.6 Å². The van der Waals surface area contributed by atoms with Crippen LogP contribution in [0.4, 0.5) is 0 Å². The lowest BCUT2D eigenvalue weighted by atomic mass is 9.66. The Kier molecular flexibility index (Phi) is 6.83. The van der Waals surface area contributed by atoms with Gasteiger partial charge in [0.25, 0.3) is 5.91 Å². The van der Waals surface area contributed by atoms with Gasteiger partial charge in [0.15, 0.2) is 18.0 Å². The SMILES string of the molecule is CCCCNC(=O)C[NH+]1CC[C@]2(O)CCCC[C@@H]2[C@H]1c1ccc(O)c(OC)c1. The van der Waals surface area contributed by atoms with Gasteiger partial charge in [0.2, 0.25) is 0 Å². The highest BCUT2D eigenvalue weighted by Gasteiger charge is 2.52. The van der Waals surface area contributed by atoms with Gasteiger partial charge in [0, 0.05) is 24.4 Å². The number of ether oxygens (including phenoxy) is 1. The van der Waals surface area contributed by atoms with Crippen LogP contribution in [-0.4, -0.2) is 48.5 Å². The smallest absolute Gasteiger partial charge is 0.275 e. The summed E-state index contributed by atoms with van der Waals surface area (Å²) in [6, 6.07) is 5.46. The number of likely N-dealkylation sites (tertiary alicyclic amines) is 1. The van der Waals surface area contributed by atoms with Crippen LogP contribution in [0.2, 0.25) is 0 Å². The quantitative estimate of drug-likeness (QED) is 0.532. The summed E-state index contributed by atoms with van der Waals surface area (Å²) in [7, 11) is 1.54. The second-order valence-corrected chi connectivity index (χ2v) is 8.40. The number of fused-ring (bicyclic) bond motifs is 1. The third kappa shape index (κ3) is 4.44. The number of benzene rings is 1. The van der Waals surface area contributed by atoms with Gasteiger partial charge < -0.3 is 25.2 Å². The molecule has 6 nitrogen and oxygen atoms in total. The number of phenols is 1. The summed E-state index contributed by atoms with van der Waals surface area (Å²) in [5.74, 6) is 0.733. The second kappa shape index (κ2) is 9.14. The molecule has 0 bridgehead atoms. The van der Waals surface area contributed by atoms with E-state index in [4.69, 9.17) is 4.74 Å². The summed E-state index contributed by atoms with van der Waals surface area (Å²) in [6.07, 6.45) is 6.75. The highest BCUT2D eigenvalue weighted by molar-refractivity contribution is 5.76. The third-order valence-corrected chi connectivity index (χ3v) is 6.59.